The molecule has 0 radical (unpaired) electrons. The normalized spacial score (nSPS) is 15.2. The van der Waals surface area contributed by atoms with E-state index in [-0.39, 0.29) is 17.7 Å². The Balaban J connectivity index is 1.56. The van der Waals surface area contributed by atoms with Gasteiger partial charge in [0, 0.05) is 29.4 Å². The predicted octanol–water partition coefficient (Wildman–Crippen LogP) is 3.65. The van der Waals surface area contributed by atoms with Crippen LogP contribution in [0.5, 0.6) is 17.2 Å². The second-order valence-corrected chi connectivity index (χ2v) is 7.58. The van der Waals surface area contributed by atoms with Crippen molar-refractivity contribution in [1.82, 2.24) is 0 Å². The molecule has 0 unspecified atom stereocenters. The third kappa shape index (κ3) is 3.79. The van der Waals surface area contributed by atoms with E-state index < -0.39 is 0 Å². The van der Waals surface area contributed by atoms with Gasteiger partial charge in [-0.25, -0.2) is 0 Å². The quantitative estimate of drug-likeness (QED) is 0.787. The van der Waals surface area contributed by atoms with Crippen molar-refractivity contribution < 1.29 is 23.8 Å². The number of carbonyl (C=O) groups is 2. The van der Waals surface area contributed by atoms with Crippen LogP contribution >= 0.6 is 0 Å². The molecular formula is C23H26N2O5. The molecule has 1 aliphatic heterocycles. The van der Waals surface area contributed by atoms with Gasteiger partial charge in [-0.3, -0.25) is 9.59 Å². The van der Waals surface area contributed by atoms with Gasteiger partial charge in [0.1, 0.15) is 0 Å². The highest BCUT2D eigenvalue weighted by Crippen LogP contribution is 2.39. The zero-order valence-corrected chi connectivity index (χ0v) is 17.5. The maximum atomic E-state index is 12.9. The number of hydrogen-bond donors (Lipinski definition) is 1. The van der Waals surface area contributed by atoms with Crippen LogP contribution in [0.25, 0.3) is 0 Å². The van der Waals surface area contributed by atoms with Crippen LogP contribution in [-0.2, 0) is 11.2 Å². The lowest BCUT2D eigenvalue weighted by Gasteiger charge is -2.30. The molecule has 1 fully saturated rings. The molecule has 158 valence electrons. The van der Waals surface area contributed by atoms with Crippen molar-refractivity contribution in [3.8, 4) is 17.2 Å². The molecule has 0 bridgehead atoms. The number of carbonyl (C=O) groups excluding carboxylic acids is 2. The van der Waals surface area contributed by atoms with E-state index in [9.17, 15) is 9.59 Å². The Labute approximate surface area is 175 Å². The zero-order chi connectivity index (χ0) is 21.3. The minimum absolute atomic E-state index is 0.190. The Bertz CT molecular complexity index is 959. The van der Waals surface area contributed by atoms with Gasteiger partial charge in [-0.15, -0.1) is 0 Å². The van der Waals surface area contributed by atoms with Crippen molar-refractivity contribution in [1.29, 1.82) is 0 Å². The summed E-state index contributed by atoms with van der Waals surface area (Å²) >= 11 is 0. The summed E-state index contributed by atoms with van der Waals surface area (Å²) in [4.78, 5) is 27.3. The Morgan fingerprint density at radius 1 is 1.00 bits per heavy atom. The van der Waals surface area contributed by atoms with Gasteiger partial charge in [0.15, 0.2) is 11.5 Å². The topological polar surface area (TPSA) is 77.1 Å². The molecule has 7 nitrogen and oxygen atoms in total. The first-order valence-electron chi connectivity index (χ1n) is 10.1. The highest BCUT2D eigenvalue weighted by molar-refractivity contribution is 6.05. The van der Waals surface area contributed by atoms with Gasteiger partial charge in [0.25, 0.3) is 5.91 Å². The molecule has 0 spiro atoms. The van der Waals surface area contributed by atoms with Gasteiger partial charge in [0.05, 0.1) is 21.3 Å². The summed E-state index contributed by atoms with van der Waals surface area (Å²) in [6.45, 7) is 0.763. The van der Waals surface area contributed by atoms with Gasteiger partial charge in [0.2, 0.25) is 11.7 Å². The van der Waals surface area contributed by atoms with Crippen molar-refractivity contribution in [2.45, 2.75) is 25.7 Å². The summed E-state index contributed by atoms with van der Waals surface area (Å²) in [6.07, 6.45) is 3.80. The first-order chi connectivity index (χ1) is 14.5. The molecule has 1 heterocycles. The minimum atomic E-state index is -0.282. The summed E-state index contributed by atoms with van der Waals surface area (Å²) in [6, 6.07) is 8.96. The number of nitrogens with zero attached hydrogens (tertiary/aromatic N) is 1. The highest BCUT2D eigenvalue weighted by atomic mass is 16.5. The van der Waals surface area contributed by atoms with Gasteiger partial charge in [-0.05, 0) is 61.6 Å². The molecule has 1 saturated carbocycles. The second-order valence-electron chi connectivity index (χ2n) is 7.58. The smallest absolute Gasteiger partial charge is 0.255 e. The number of rotatable bonds is 6. The van der Waals surface area contributed by atoms with Gasteiger partial charge in [-0.1, -0.05) is 0 Å². The lowest BCUT2D eigenvalue weighted by molar-refractivity contribution is -0.119. The second kappa shape index (κ2) is 8.26. The highest BCUT2D eigenvalue weighted by Gasteiger charge is 2.35. The summed E-state index contributed by atoms with van der Waals surface area (Å²) < 4.78 is 16.0. The Hall–Kier alpha value is -3.22. The largest absolute Gasteiger partial charge is 0.493 e. The number of anilines is 2. The fourth-order valence-corrected chi connectivity index (χ4v) is 3.87. The average molecular weight is 410 g/mol. The van der Waals surface area contributed by atoms with E-state index in [2.05, 4.69) is 5.32 Å². The van der Waals surface area contributed by atoms with Crippen molar-refractivity contribution in [3.63, 3.8) is 0 Å². The molecule has 4 rings (SSSR count). The van der Waals surface area contributed by atoms with E-state index in [1.54, 1.807) is 12.1 Å². The fraction of sp³-hybridized carbons (Fsp3) is 0.391. The summed E-state index contributed by atoms with van der Waals surface area (Å²) in [5, 5.41) is 2.93. The molecule has 2 aromatic carbocycles. The van der Waals surface area contributed by atoms with E-state index in [0.29, 0.717) is 28.5 Å². The Kier molecular flexibility index (Phi) is 5.53. The van der Waals surface area contributed by atoms with Gasteiger partial charge < -0.3 is 24.4 Å². The zero-order valence-electron chi connectivity index (χ0n) is 17.5. The molecule has 2 amide bonds. The maximum Gasteiger partial charge on any atom is 0.255 e. The summed E-state index contributed by atoms with van der Waals surface area (Å²) in [5.41, 5.74) is 3.13. The van der Waals surface area contributed by atoms with Crippen LogP contribution in [-0.4, -0.2) is 39.7 Å². The SMILES string of the molecule is COc1cc(C(=O)Nc2ccc3c(c2)CCCN3C(=O)C2CC2)cc(OC)c1OC. The molecule has 30 heavy (non-hydrogen) atoms. The molecule has 1 aliphatic carbocycles. The molecule has 0 saturated heterocycles. The van der Waals surface area contributed by atoms with Crippen molar-refractivity contribution in [2.75, 3.05) is 38.1 Å². The molecule has 1 N–H and O–H groups in total. The number of ether oxygens (including phenoxy) is 3. The van der Waals surface area contributed by atoms with Crippen LogP contribution < -0.4 is 24.4 Å². The van der Waals surface area contributed by atoms with E-state index >= 15 is 0 Å². The van der Waals surface area contributed by atoms with Crippen molar-refractivity contribution >= 4 is 23.2 Å². The Morgan fingerprint density at radius 3 is 2.30 bits per heavy atom. The monoisotopic (exact) mass is 410 g/mol. The van der Waals surface area contributed by atoms with Crippen LogP contribution in [0.3, 0.4) is 0 Å². The number of benzene rings is 2. The number of amides is 2. The third-order valence-corrected chi connectivity index (χ3v) is 5.58. The lowest BCUT2D eigenvalue weighted by Crippen LogP contribution is -2.36. The standard InChI is InChI=1S/C23H26N2O5/c1-28-19-12-16(13-20(29-2)21(19)30-3)22(26)24-17-8-9-18-15(11-17)5-4-10-25(18)23(27)14-6-7-14/h8-9,11-14H,4-7,10H2,1-3H3,(H,24,26). The average Bonchev–Trinajstić information content (AvgIpc) is 3.62. The molecular weight excluding hydrogens is 384 g/mol. The van der Waals surface area contributed by atoms with Crippen LogP contribution in [0.4, 0.5) is 11.4 Å². The number of nitrogens with one attached hydrogen (secondary N) is 1. The van der Waals surface area contributed by atoms with Crippen LogP contribution in [0.2, 0.25) is 0 Å². The van der Waals surface area contributed by atoms with E-state index in [4.69, 9.17) is 14.2 Å². The van der Waals surface area contributed by atoms with Gasteiger partial charge in [-0.2, -0.15) is 0 Å². The summed E-state index contributed by atoms with van der Waals surface area (Å²) in [7, 11) is 4.54. The van der Waals surface area contributed by atoms with E-state index in [0.717, 1.165) is 43.5 Å². The first-order valence-corrected chi connectivity index (χ1v) is 10.1. The fourth-order valence-electron chi connectivity index (χ4n) is 3.87. The number of hydrogen-bond acceptors (Lipinski definition) is 5. The van der Waals surface area contributed by atoms with Gasteiger partial charge >= 0.3 is 0 Å². The van der Waals surface area contributed by atoms with Crippen LogP contribution in [0.1, 0.15) is 35.2 Å². The minimum Gasteiger partial charge on any atom is -0.493 e. The molecule has 2 aliphatic rings. The maximum absolute atomic E-state index is 12.9. The predicted molar refractivity (Wildman–Crippen MR) is 114 cm³/mol. The van der Waals surface area contributed by atoms with E-state index in [1.807, 2.05) is 23.1 Å². The van der Waals surface area contributed by atoms with Crippen LogP contribution in [0, 0.1) is 5.92 Å². The van der Waals surface area contributed by atoms with Crippen molar-refractivity contribution in [2.24, 2.45) is 5.92 Å². The van der Waals surface area contributed by atoms with Crippen LogP contribution in [0.15, 0.2) is 30.3 Å². The lowest BCUT2D eigenvalue weighted by atomic mass is 10.00. The van der Waals surface area contributed by atoms with Crippen molar-refractivity contribution in [3.05, 3.63) is 41.5 Å². The molecule has 7 heteroatoms. The number of fused-ring (bicyclic) bond motifs is 1. The molecule has 2 aromatic rings. The first kappa shape index (κ1) is 20.1. The third-order valence-electron chi connectivity index (χ3n) is 5.58. The number of methoxy groups -OCH3 is 3. The van der Waals surface area contributed by atoms with E-state index in [1.165, 1.54) is 21.3 Å². The summed E-state index contributed by atoms with van der Waals surface area (Å²) in [5.74, 6) is 1.41. The Morgan fingerprint density at radius 2 is 1.70 bits per heavy atom. The number of aryl methyl sites for hydroxylation is 1. The molecule has 0 aromatic heterocycles. The molecule has 0 atom stereocenters.